The number of esters is 1. The molecule has 2 rings (SSSR count). The van der Waals surface area contributed by atoms with Crippen LogP contribution in [0.4, 0.5) is 0 Å². The number of pyridine rings is 1. The standard InChI is InChI=1S/C12H10ClNO2/c1-7-10-5-8(12(15)16-2)3-4-9(10)11(13)6-14-7/h3-6H,1-2H3. The van der Waals surface area contributed by atoms with Crippen molar-refractivity contribution in [2.24, 2.45) is 0 Å². The third kappa shape index (κ3) is 1.74. The molecule has 4 heteroatoms. The summed E-state index contributed by atoms with van der Waals surface area (Å²) in [5, 5.41) is 2.34. The predicted octanol–water partition coefficient (Wildman–Crippen LogP) is 2.98. The Balaban J connectivity index is 2.70. The number of aryl methyl sites for hydroxylation is 1. The molecule has 0 N–H and O–H groups in total. The predicted molar refractivity (Wildman–Crippen MR) is 62.8 cm³/mol. The van der Waals surface area contributed by atoms with Crippen molar-refractivity contribution in [1.29, 1.82) is 0 Å². The van der Waals surface area contributed by atoms with Gasteiger partial charge in [0.1, 0.15) is 0 Å². The molecule has 1 aromatic heterocycles. The Kier molecular flexibility index (Phi) is 2.79. The third-order valence-electron chi connectivity index (χ3n) is 2.46. The highest BCUT2D eigenvalue weighted by atomic mass is 35.5. The van der Waals surface area contributed by atoms with Crippen molar-refractivity contribution in [2.75, 3.05) is 7.11 Å². The molecule has 3 nitrogen and oxygen atoms in total. The molecule has 0 unspecified atom stereocenters. The molecule has 0 saturated carbocycles. The van der Waals surface area contributed by atoms with Crippen molar-refractivity contribution in [3.63, 3.8) is 0 Å². The number of rotatable bonds is 1. The minimum Gasteiger partial charge on any atom is -0.465 e. The smallest absolute Gasteiger partial charge is 0.337 e. The van der Waals surface area contributed by atoms with Gasteiger partial charge in [-0.25, -0.2) is 4.79 Å². The number of ether oxygens (including phenoxy) is 1. The van der Waals surface area contributed by atoms with E-state index in [1.54, 1.807) is 24.4 Å². The first-order chi connectivity index (χ1) is 7.63. The Morgan fingerprint density at radius 2 is 2.12 bits per heavy atom. The number of methoxy groups -OCH3 is 1. The molecule has 0 atom stereocenters. The molecular weight excluding hydrogens is 226 g/mol. The first-order valence-corrected chi connectivity index (χ1v) is 5.14. The van der Waals surface area contributed by atoms with Crippen molar-refractivity contribution >= 4 is 28.3 Å². The summed E-state index contributed by atoms with van der Waals surface area (Å²) in [6.07, 6.45) is 1.61. The largest absolute Gasteiger partial charge is 0.465 e. The normalized spacial score (nSPS) is 10.4. The topological polar surface area (TPSA) is 39.2 Å². The molecule has 2 aromatic rings. The van der Waals surface area contributed by atoms with E-state index in [0.717, 1.165) is 16.5 Å². The van der Waals surface area contributed by atoms with Crippen LogP contribution in [0.25, 0.3) is 10.8 Å². The van der Waals surface area contributed by atoms with Gasteiger partial charge >= 0.3 is 5.97 Å². The van der Waals surface area contributed by atoms with E-state index in [-0.39, 0.29) is 5.97 Å². The minimum atomic E-state index is -0.360. The second-order valence-corrected chi connectivity index (χ2v) is 3.85. The number of carbonyl (C=O) groups is 1. The van der Waals surface area contributed by atoms with Crippen molar-refractivity contribution in [1.82, 2.24) is 4.98 Å². The van der Waals surface area contributed by atoms with Crippen LogP contribution in [0.5, 0.6) is 0 Å². The van der Waals surface area contributed by atoms with E-state index in [0.29, 0.717) is 10.6 Å². The zero-order valence-corrected chi connectivity index (χ0v) is 9.71. The molecule has 0 aliphatic carbocycles. The Morgan fingerprint density at radius 1 is 1.38 bits per heavy atom. The van der Waals surface area contributed by atoms with Crippen molar-refractivity contribution in [2.45, 2.75) is 6.92 Å². The molecule has 0 spiro atoms. The highest BCUT2D eigenvalue weighted by molar-refractivity contribution is 6.35. The van der Waals surface area contributed by atoms with E-state index >= 15 is 0 Å². The lowest BCUT2D eigenvalue weighted by Crippen LogP contribution is -2.01. The maximum absolute atomic E-state index is 11.4. The van der Waals surface area contributed by atoms with Gasteiger partial charge in [-0.3, -0.25) is 4.98 Å². The van der Waals surface area contributed by atoms with Crippen LogP contribution in [-0.2, 0) is 4.74 Å². The third-order valence-corrected chi connectivity index (χ3v) is 2.76. The number of benzene rings is 1. The Morgan fingerprint density at radius 3 is 2.81 bits per heavy atom. The van der Waals surface area contributed by atoms with Gasteiger partial charge < -0.3 is 4.74 Å². The summed E-state index contributed by atoms with van der Waals surface area (Å²) in [6, 6.07) is 5.24. The van der Waals surface area contributed by atoms with Gasteiger partial charge in [-0.2, -0.15) is 0 Å². The van der Waals surface area contributed by atoms with Gasteiger partial charge in [0.05, 0.1) is 17.7 Å². The molecule has 0 saturated heterocycles. The first-order valence-electron chi connectivity index (χ1n) is 4.76. The highest BCUT2D eigenvalue weighted by Gasteiger charge is 2.09. The Labute approximate surface area is 98.0 Å². The maximum Gasteiger partial charge on any atom is 0.337 e. The summed E-state index contributed by atoms with van der Waals surface area (Å²) in [7, 11) is 1.36. The fourth-order valence-electron chi connectivity index (χ4n) is 1.59. The summed E-state index contributed by atoms with van der Waals surface area (Å²) < 4.78 is 4.66. The molecule has 0 amide bonds. The van der Waals surface area contributed by atoms with Crippen LogP contribution in [0.15, 0.2) is 24.4 Å². The van der Waals surface area contributed by atoms with Gasteiger partial charge in [0, 0.05) is 22.7 Å². The molecule has 1 aromatic carbocycles. The maximum atomic E-state index is 11.4. The number of aromatic nitrogens is 1. The van der Waals surface area contributed by atoms with Gasteiger partial charge in [-0.15, -0.1) is 0 Å². The molecule has 0 bridgehead atoms. The number of fused-ring (bicyclic) bond motifs is 1. The number of halogens is 1. The Bertz CT molecular complexity index is 566. The van der Waals surface area contributed by atoms with Crippen LogP contribution < -0.4 is 0 Å². The monoisotopic (exact) mass is 235 g/mol. The van der Waals surface area contributed by atoms with E-state index in [2.05, 4.69) is 9.72 Å². The van der Waals surface area contributed by atoms with Gasteiger partial charge in [0.2, 0.25) is 0 Å². The average Bonchev–Trinajstić information content (AvgIpc) is 2.32. The second-order valence-electron chi connectivity index (χ2n) is 3.44. The summed E-state index contributed by atoms with van der Waals surface area (Å²) in [5.74, 6) is -0.360. The molecule has 0 aliphatic rings. The van der Waals surface area contributed by atoms with Crippen LogP contribution in [0.1, 0.15) is 16.1 Å². The summed E-state index contributed by atoms with van der Waals surface area (Å²) >= 11 is 6.02. The first kappa shape index (κ1) is 10.9. The lowest BCUT2D eigenvalue weighted by atomic mass is 10.1. The molecule has 0 radical (unpaired) electrons. The second kappa shape index (κ2) is 4.10. The van der Waals surface area contributed by atoms with E-state index in [1.807, 2.05) is 6.92 Å². The van der Waals surface area contributed by atoms with Crippen molar-refractivity contribution in [3.8, 4) is 0 Å². The minimum absolute atomic E-state index is 0.360. The Hall–Kier alpha value is -1.61. The summed E-state index contributed by atoms with van der Waals surface area (Å²) in [4.78, 5) is 15.5. The number of nitrogens with zero attached hydrogens (tertiary/aromatic N) is 1. The highest BCUT2D eigenvalue weighted by Crippen LogP contribution is 2.25. The van der Waals surface area contributed by atoms with Gasteiger partial charge in [-0.05, 0) is 19.1 Å². The molecule has 0 fully saturated rings. The quantitative estimate of drug-likeness (QED) is 0.714. The van der Waals surface area contributed by atoms with Crippen LogP contribution >= 0.6 is 11.6 Å². The zero-order chi connectivity index (χ0) is 11.7. The van der Waals surface area contributed by atoms with Crippen LogP contribution in [0, 0.1) is 6.92 Å². The van der Waals surface area contributed by atoms with Crippen LogP contribution in [0.2, 0.25) is 5.02 Å². The number of hydrogen-bond donors (Lipinski definition) is 0. The van der Waals surface area contributed by atoms with E-state index in [4.69, 9.17) is 11.6 Å². The van der Waals surface area contributed by atoms with Gasteiger partial charge in [0.15, 0.2) is 0 Å². The average molecular weight is 236 g/mol. The number of hydrogen-bond acceptors (Lipinski definition) is 3. The van der Waals surface area contributed by atoms with E-state index in [1.165, 1.54) is 7.11 Å². The molecule has 1 heterocycles. The molecular formula is C12H10ClNO2. The summed E-state index contributed by atoms with van der Waals surface area (Å²) in [6.45, 7) is 1.87. The van der Waals surface area contributed by atoms with Crippen molar-refractivity contribution in [3.05, 3.63) is 40.7 Å². The van der Waals surface area contributed by atoms with Crippen molar-refractivity contribution < 1.29 is 9.53 Å². The lowest BCUT2D eigenvalue weighted by Gasteiger charge is -2.05. The van der Waals surface area contributed by atoms with Gasteiger partial charge in [-0.1, -0.05) is 17.7 Å². The fraction of sp³-hybridized carbons (Fsp3) is 0.167. The number of carbonyl (C=O) groups excluding carboxylic acids is 1. The van der Waals surface area contributed by atoms with Crippen LogP contribution in [-0.4, -0.2) is 18.1 Å². The van der Waals surface area contributed by atoms with Crippen LogP contribution in [0.3, 0.4) is 0 Å². The van der Waals surface area contributed by atoms with Gasteiger partial charge in [0.25, 0.3) is 0 Å². The lowest BCUT2D eigenvalue weighted by molar-refractivity contribution is 0.0601. The molecule has 82 valence electrons. The molecule has 16 heavy (non-hydrogen) atoms. The zero-order valence-electron chi connectivity index (χ0n) is 8.95. The summed E-state index contributed by atoms with van der Waals surface area (Å²) in [5.41, 5.74) is 1.34. The molecule has 0 aliphatic heterocycles. The van der Waals surface area contributed by atoms with E-state index < -0.39 is 0 Å². The van der Waals surface area contributed by atoms with E-state index in [9.17, 15) is 4.79 Å². The fourth-order valence-corrected chi connectivity index (χ4v) is 1.80. The SMILES string of the molecule is COC(=O)c1ccc2c(Cl)cnc(C)c2c1.